The van der Waals surface area contributed by atoms with E-state index in [1.807, 2.05) is 0 Å². The summed E-state index contributed by atoms with van der Waals surface area (Å²) in [6, 6.07) is 0. The van der Waals surface area contributed by atoms with Crippen LogP contribution in [-0.4, -0.2) is 11.8 Å². The molecule has 3 heteroatoms. The summed E-state index contributed by atoms with van der Waals surface area (Å²) < 4.78 is 4.77. The molecule has 0 aromatic heterocycles. The van der Waals surface area contributed by atoms with Crippen LogP contribution in [0, 0.1) is 0 Å². The van der Waals surface area contributed by atoms with Gasteiger partial charge in [-0.05, 0) is 22.0 Å². The second-order valence-corrected chi connectivity index (χ2v) is 1.63. The van der Waals surface area contributed by atoms with Crippen molar-refractivity contribution >= 4 is 22.2 Å². The van der Waals surface area contributed by atoms with E-state index < -0.39 is 0 Å². The molecule has 0 atom stereocenters. The van der Waals surface area contributed by atoms with Crippen LogP contribution >= 0.6 is 15.9 Å². The average Bonchev–Trinajstić information content (AvgIpc) is 1.88. The van der Waals surface area contributed by atoms with E-state index in [0.717, 1.165) is 0 Å². The van der Waals surface area contributed by atoms with Crippen molar-refractivity contribution in [2.24, 2.45) is 0 Å². The van der Waals surface area contributed by atoms with Crippen molar-refractivity contribution in [3.8, 4) is 0 Å². The van der Waals surface area contributed by atoms with Gasteiger partial charge in [0.05, 0.1) is 0 Å². The number of hydrogen-bond donors (Lipinski definition) is 0. The number of allylic oxidation sites excluding steroid dienone is 3. The SMILES string of the molecule is C=C/C=C(/C=O)OCBr. The Morgan fingerprint density at radius 2 is 2.44 bits per heavy atom. The quantitative estimate of drug-likeness (QED) is 0.222. The highest BCUT2D eigenvalue weighted by Crippen LogP contribution is 1.95. The largest absolute Gasteiger partial charge is 0.479 e. The number of carbonyl (C=O) groups is 1. The highest BCUT2D eigenvalue weighted by atomic mass is 79.9. The van der Waals surface area contributed by atoms with Crippen LogP contribution in [0.25, 0.3) is 0 Å². The van der Waals surface area contributed by atoms with Gasteiger partial charge in [-0.2, -0.15) is 0 Å². The molecule has 0 rings (SSSR count). The van der Waals surface area contributed by atoms with Gasteiger partial charge in [0.1, 0.15) is 5.52 Å². The van der Waals surface area contributed by atoms with Gasteiger partial charge in [-0.1, -0.05) is 12.7 Å². The lowest BCUT2D eigenvalue weighted by atomic mass is 10.5. The number of rotatable bonds is 4. The maximum Gasteiger partial charge on any atom is 0.184 e. The second kappa shape index (κ2) is 5.56. The Bertz CT molecular complexity index is 129. The molecule has 0 radical (unpaired) electrons. The summed E-state index contributed by atoms with van der Waals surface area (Å²) >= 11 is 3.00. The maximum atomic E-state index is 10.0. The fraction of sp³-hybridized carbons (Fsp3) is 0.167. The first-order valence-electron chi connectivity index (χ1n) is 2.31. The standard InChI is InChI=1S/C6H7BrO2/c1-2-3-6(4-8)9-5-7/h2-4H,1,5H2/b6-3-. The highest BCUT2D eigenvalue weighted by Gasteiger charge is 1.88. The summed E-state index contributed by atoms with van der Waals surface area (Å²) in [5.74, 6) is 0.280. The molecule has 0 fully saturated rings. The lowest BCUT2D eigenvalue weighted by Crippen LogP contribution is -1.88. The maximum absolute atomic E-state index is 10.0. The minimum Gasteiger partial charge on any atom is -0.479 e. The summed E-state index contributed by atoms with van der Waals surface area (Å²) in [6.45, 7) is 3.40. The molecular formula is C6H7BrO2. The zero-order chi connectivity index (χ0) is 7.11. The highest BCUT2D eigenvalue weighted by molar-refractivity contribution is 9.09. The van der Waals surface area contributed by atoms with E-state index >= 15 is 0 Å². The van der Waals surface area contributed by atoms with Crippen LogP contribution in [0.4, 0.5) is 0 Å². The van der Waals surface area contributed by atoms with Gasteiger partial charge in [0.15, 0.2) is 12.0 Å². The van der Waals surface area contributed by atoms with Gasteiger partial charge in [0, 0.05) is 0 Å². The lowest BCUT2D eigenvalue weighted by Gasteiger charge is -1.95. The predicted octanol–water partition coefficient (Wildman–Crippen LogP) is 1.62. The first kappa shape index (κ1) is 8.43. The van der Waals surface area contributed by atoms with Crippen LogP contribution < -0.4 is 0 Å². The van der Waals surface area contributed by atoms with Crippen molar-refractivity contribution < 1.29 is 9.53 Å². The first-order valence-corrected chi connectivity index (χ1v) is 3.44. The molecule has 50 valence electrons. The van der Waals surface area contributed by atoms with Gasteiger partial charge >= 0.3 is 0 Å². The monoisotopic (exact) mass is 190 g/mol. The fourth-order valence-electron chi connectivity index (χ4n) is 0.301. The summed E-state index contributed by atoms with van der Waals surface area (Å²) in [5.41, 5.74) is 0.325. The Labute approximate surface area is 62.3 Å². The van der Waals surface area contributed by atoms with Crippen molar-refractivity contribution in [3.05, 3.63) is 24.5 Å². The zero-order valence-electron chi connectivity index (χ0n) is 4.84. The van der Waals surface area contributed by atoms with E-state index in [4.69, 9.17) is 4.74 Å². The lowest BCUT2D eigenvalue weighted by molar-refractivity contribution is -0.107. The van der Waals surface area contributed by atoms with Crippen molar-refractivity contribution in [1.29, 1.82) is 0 Å². The number of carbonyl (C=O) groups excluding carboxylic acids is 1. The van der Waals surface area contributed by atoms with Crippen LogP contribution in [0.2, 0.25) is 0 Å². The molecule has 0 aliphatic rings. The molecule has 2 nitrogen and oxygen atoms in total. The smallest absolute Gasteiger partial charge is 0.184 e. The number of alkyl halides is 1. The summed E-state index contributed by atoms with van der Waals surface area (Å²) in [7, 11) is 0. The molecule has 0 unspecified atom stereocenters. The van der Waals surface area contributed by atoms with E-state index in [1.165, 1.54) is 12.2 Å². The summed E-state index contributed by atoms with van der Waals surface area (Å²) in [5, 5.41) is 0. The Balaban J connectivity index is 3.80. The average molecular weight is 191 g/mol. The Morgan fingerprint density at radius 3 is 2.78 bits per heavy atom. The zero-order valence-corrected chi connectivity index (χ0v) is 6.43. The number of halogens is 1. The van der Waals surface area contributed by atoms with Gasteiger partial charge in [-0.15, -0.1) is 0 Å². The topological polar surface area (TPSA) is 26.3 Å². The second-order valence-electron chi connectivity index (χ2n) is 1.18. The van der Waals surface area contributed by atoms with Crippen molar-refractivity contribution in [1.82, 2.24) is 0 Å². The predicted molar refractivity (Wildman–Crippen MR) is 39.2 cm³/mol. The van der Waals surface area contributed by atoms with Crippen LogP contribution in [0.5, 0.6) is 0 Å². The van der Waals surface area contributed by atoms with Gasteiger partial charge < -0.3 is 4.74 Å². The molecule has 0 heterocycles. The van der Waals surface area contributed by atoms with E-state index in [1.54, 1.807) is 0 Å². The van der Waals surface area contributed by atoms with Crippen LogP contribution in [0.1, 0.15) is 0 Å². The van der Waals surface area contributed by atoms with Gasteiger partial charge in [-0.25, -0.2) is 0 Å². The molecule has 0 spiro atoms. The minimum absolute atomic E-state index is 0.280. The molecule has 0 aliphatic heterocycles. The van der Waals surface area contributed by atoms with Gasteiger partial charge in [0.2, 0.25) is 0 Å². The first-order chi connectivity index (χ1) is 4.35. The Kier molecular flexibility index (Phi) is 5.21. The van der Waals surface area contributed by atoms with E-state index in [0.29, 0.717) is 11.8 Å². The molecule has 0 saturated carbocycles. The normalized spacial score (nSPS) is 10.6. The summed E-state index contributed by atoms with van der Waals surface area (Å²) in [6.07, 6.45) is 3.61. The van der Waals surface area contributed by atoms with Crippen LogP contribution in [0.15, 0.2) is 24.5 Å². The fourth-order valence-corrected chi connectivity index (χ4v) is 0.565. The van der Waals surface area contributed by atoms with Gasteiger partial charge in [-0.3, -0.25) is 4.79 Å². The third-order valence-corrected chi connectivity index (χ3v) is 0.848. The number of aldehydes is 1. The molecular weight excluding hydrogens is 184 g/mol. The van der Waals surface area contributed by atoms with Gasteiger partial charge in [0.25, 0.3) is 0 Å². The molecule has 0 N–H and O–H groups in total. The number of ether oxygens (including phenoxy) is 1. The molecule has 0 bridgehead atoms. The molecule has 0 aromatic carbocycles. The van der Waals surface area contributed by atoms with Crippen molar-refractivity contribution in [3.63, 3.8) is 0 Å². The molecule has 9 heavy (non-hydrogen) atoms. The Morgan fingerprint density at radius 1 is 1.78 bits per heavy atom. The number of hydrogen-bond acceptors (Lipinski definition) is 2. The van der Waals surface area contributed by atoms with E-state index in [2.05, 4.69) is 22.5 Å². The van der Waals surface area contributed by atoms with E-state index in [9.17, 15) is 4.79 Å². The molecule has 0 amide bonds. The molecule has 0 aromatic rings. The summed E-state index contributed by atoms with van der Waals surface area (Å²) in [4.78, 5) is 10.0. The van der Waals surface area contributed by atoms with Crippen LogP contribution in [0.3, 0.4) is 0 Å². The minimum atomic E-state index is 0.280. The van der Waals surface area contributed by atoms with E-state index in [-0.39, 0.29) is 5.76 Å². The van der Waals surface area contributed by atoms with Crippen molar-refractivity contribution in [2.45, 2.75) is 0 Å². The third-order valence-electron chi connectivity index (χ3n) is 0.619. The van der Waals surface area contributed by atoms with Crippen molar-refractivity contribution in [2.75, 3.05) is 5.52 Å². The van der Waals surface area contributed by atoms with Crippen LogP contribution in [-0.2, 0) is 9.53 Å². The third kappa shape index (κ3) is 3.97. The molecule has 0 aliphatic carbocycles. The Hall–Kier alpha value is -0.570. The molecule has 0 saturated heterocycles.